The highest BCUT2D eigenvalue weighted by molar-refractivity contribution is 5.65. The molecule has 0 aliphatic heterocycles. The predicted molar refractivity (Wildman–Crippen MR) is 43.5 cm³/mol. The minimum atomic E-state index is -1.16. The molecule has 0 spiro atoms. The fraction of sp³-hybridized carbons (Fsp3) is 0.375. The molecule has 68 valence electrons. The zero-order valence-corrected chi connectivity index (χ0v) is 6.64. The molecule has 0 amide bonds. The molecule has 0 heterocycles. The largest absolute Gasteiger partial charge is 0.396 e. The van der Waals surface area contributed by atoms with Crippen LogP contribution < -0.4 is 0 Å². The highest BCUT2D eigenvalue weighted by Crippen LogP contribution is 2.17. The van der Waals surface area contributed by atoms with Crippen molar-refractivity contribution in [2.45, 2.75) is 12.0 Å². The zero-order chi connectivity index (χ0) is 9.45. The van der Waals surface area contributed by atoms with E-state index >= 15 is 0 Å². The highest BCUT2D eigenvalue weighted by Gasteiger charge is 2.23. The van der Waals surface area contributed by atoms with Crippen molar-refractivity contribution in [3.63, 3.8) is 0 Å². The second-order valence-corrected chi connectivity index (χ2v) is 2.22. The van der Waals surface area contributed by atoms with E-state index in [2.05, 4.69) is 11.5 Å². The minimum Gasteiger partial charge on any atom is -0.396 e. The summed E-state index contributed by atoms with van der Waals surface area (Å²) in [5.41, 5.74) is -1.16. The lowest BCUT2D eigenvalue weighted by molar-refractivity contribution is -0.295. The normalized spacial score (nSPS) is 15.8. The van der Waals surface area contributed by atoms with Crippen molar-refractivity contribution in [2.75, 3.05) is 6.61 Å². The van der Waals surface area contributed by atoms with Crippen LogP contribution in [0.2, 0.25) is 0 Å². The molecule has 4 heteroatoms. The Morgan fingerprint density at radius 1 is 1.58 bits per heavy atom. The van der Waals surface area contributed by atoms with Crippen molar-refractivity contribution >= 4 is 6.29 Å². The maximum Gasteiger partial charge on any atom is 0.142 e. The van der Waals surface area contributed by atoms with Crippen LogP contribution in [0.25, 0.3) is 0 Å². The zero-order valence-electron chi connectivity index (χ0n) is 6.64. The van der Waals surface area contributed by atoms with Crippen LogP contribution in [0.4, 0.5) is 0 Å². The molecule has 1 unspecified atom stereocenters. The smallest absolute Gasteiger partial charge is 0.142 e. The van der Waals surface area contributed by atoms with Gasteiger partial charge in [0.2, 0.25) is 0 Å². The first-order valence-corrected chi connectivity index (χ1v) is 3.44. The van der Waals surface area contributed by atoms with Gasteiger partial charge in [0, 0.05) is 13.0 Å². The van der Waals surface area contributed by atoms with Gasteiger partial charge in [-0.1, -0.05) is 12.7 Å². The van der Waals surface area contributed by atoms with E-state index in [0.717, 1.165) is 0 Å². The average molecular weight is 172 g/mol. The standard InChI is InChI=1S/C8H12O4/c1-2-8(12-11,5-7-10)4-3-6-9/h2-4,6,10-11H,1,5,7H2/b4-3+. The van der Waals surface area contributed by atoms with E-state index in [1.807, 2.05) is 0 Å². The molecule has 0 fully saturated rings. The Morgan fingerprint density at radius 3 is 2.58 bits per heavy atom. The van der Waals surface area contributed by atoms with Crippen LogP contribution in [0.1, 0.15) is 6.42 Å². The summed E-state index contributed by atoms with van der Waals surface area (Å²) in [6, 6.07) is 0. The summed E-state index contributed by atoms with van der Waals surface area (Å²) >= 11 is 0. The molecule has 0 aliphatic rings. The summed E-state index contributed by atoms with van der Waals surface area (Å²) in [4.78, 5) is 14.1. The fourth-order valence-corrected chi connectivity index (χ4v) is 0.744. The number of carbonyl (C=O) groups excluding carboxylic acids is 1. The third-order valence-corrected chi connectivity index (χ3v) is 1.47. The van der Waals surface area contributed by atoms with Crippen LogP contribution >= 0.6 is 0 Å². The quantitative estimate of drug-likeness (QED) is 0.202. The molecule has 1 atom stereocenters. The fourth-order valence-electron chi connectivity index (χ4n) is 0.744. The lowest BCUT2D eigenvalue weighted by atomic mass is 10.00. The number of rotatable bonds is 6. The minimum absolute atomic E-state index is 0.150. The highest BCUT2D eigenvalue weighted by atomic mass is 17.1. The summed E-state index contributed by atoms with van der Waals surface area (Å²) in [6.07, 6.45) is 4.51. The number of aldehydes is 1. The van der Waals surface area contributed by atoms with Crippen LogP contribution in [0.3, 0.4) is 0 Å². The molecule has 0 bridgehead atoms. The number of carbonyl (C=O) groups is 1. The van der Waals surface area contributed by atoms with Gasteiger partial charge in [-0.05, 0) is 12.2 Å². The number of aliphatic hydroxyl groups excluding tert-OH is 1. The second kappa shape index (κ2) is 5.65. The van der Waals surface area contributed by atoms with E-state index in [0.29, 0.717) is 6.29 Å². The molecule has 0 saturated heterocycles. The van der Waals surface area contributed by atoms with E-state index in [1.165, 1.54) is 18.2 Å². The van der Waals surface area contributed by atoms with E-state index in [1.54, 1.807) is 0 Å². The van der Waals surface area contributed by atoms with Crippen molar-refractivity contribution < 1.29 is 20.0 Å². The van der Waals surface area contributed by atoms with Gasteiger partial charge in [0.05, 0.1) is 0 Å². The van der Waals surface area contributed by atoms with E-state index < -0.39 is 5.60 Å². The van der Waals surface area contributed by atoms with Crippen molar-refractivity contribution in [3.8, 4) is 0 Å². The van der Waals surface area contributed by atoms with Crippen LogP contribution in [0.15, 0.2) is 24.8 Å². The molecule has 0 aliphatic carbocycles. The molecule has 0 aromatic heterocycles. The molecule has 2 N–H and O–H groups in total. The molecule has 0 radical (unpaired) electrons. The molecule has 0 rings (SSSR count). The number of aliphatic hydroxyl groups is 1. The van der Waals surface area contributed by atoms with Gasteiger partial charge in [0.15, 0.2) is 0 Å². The van der Waals surface area contributed by atoms with E-state index in [9.17, 15) is 4.79 Å². The third kappa shape index (κ3) is 2.96. The van der Waals surface area contributed by atoms with E-state index in [-0.39, 0.29) is 13.0 Å². The maximum absolute atomic E-state index is 9.97. The van der Waals surface area contributed by atoms with Gasteiger partial charge in [-0.25, -0.2) is 4.89 Å². The van der Waals surface area contributed by atoms with Gasteiger partial charge in [-0.2, -0.15) is 0 Å². The number of hydrogen-bond acceptors (Lipinski definition) is 4. The topological polar surface area (TPSA) is 66.8 Å². The molecule has 4 nitrogen and oxygen atoms in total. The van der Waals surface area contributed by atoms with Gasteiger partial charge in [0.25, 0.3) is 0 Å². The van der Waals surface area contributed by atoms with E-state index in [4.69, 9.17) is 10.4 Å². The summed E-state index contributed by atoms with van der Waals surface area (Å²) in [6.45, 7) is 3.24. The first kappa shape index (κ1) is 11.0. The molecule has 0 saturated carbocycles. The Bertz CT molecular complexity index is 176. The second-order valence-electron chi connectivity index (χ2n) is 2.22. The number of allylic oxidation sites excluding steroid dienone is 1. The Kier molecular flexibility index (Phi) is 5.19. The third-order valence-electron chi connectivity index (χ3n) is 1.47. The Labute approximate surface area is 70.7 Å². The van der Waals surface area contributed by atoms with Crippen LogP contribution in [0, 0.1) is 0 Å². The maximum atomic E-state index is 9.97. The lowest BCUT2D eigenvalue weighted by Gasteiger charge is -2.21. The van der Waals surface area contributed by atoms with Gasteiger partial charge >= 0.3 is 0 Å². The van der Waals surface area contributed by atoms with Gasteiger partial charge < -0.3 is 5.11 Å². The first-order chi connectivity index (χ1) is 5.74. The van der Waals surface area contributed by atoms with Crippen LogP contribution in [-0.4, -0.2) is 28.9 Å². The predicted octanol–water partition coefficient (Wildman–Crippen LogP) is 0.538. The molecule has 0 aromatic rings. The summed E-state index contributed by atoms with van der Waals surface area (Å²) in [7, 11) is 0. The Morgan fingerprint density at radius 2 is 2.25 bits per heavy atom. The van der Waals surface area contributed by atoms with Crippen molar-refractivity contribution in [2.24, 2.45) is 0 Å². The molecular formula is C8H12O4. The molecule has 12 heavy (non-hydrogen) atoms. The van der Waals surface area contributed by atoms with Crippen molar-refractivity contribution in [1.82, 2.24) is 0 Å². The van der Waals surface area contributed by atoms with Gasteiger partial charge in [-0.15, -0.1) is 0 Å². The average Bonchev–Trinajstić information content (AvgIpc) is 2.13. The summed E-state index contributed by atoms with van der Waals surface area (Å²) in [5, 5.41) is 17.1. The Balaban J connectivity index is 4.43. The van der Waals surface area contributed by atoms with Crippen molar-refractivity contribution in [1.29, 1.82) is 0 Å². The van der Waals surface area contributed by atoms with Crippen LogP contribution in [0.5, 0.6) is 0 Å². The summed E-state index contributed by atoms with van der Waals surface area (Å²) in [5.74, 6) is 0. The molecular weight excluding hydrogens is 160 g/mol. The SMILES string of the molecule is C=CC(/C=C/C=O)(CCO)OO. The van der Waals surface area contributed by atoms with Crippen molar-refractivity contribution in [3.05, 3.63) is 24.8 Å². The lowest BCUT2D eigenvalue weighted by Crippen LogP contribution is -2.27. The Hall–Kier alpha value is -0.970. The number of hydrogen-bond donors (Lipinski definition) is 2. The van der Waals surface area contributed by atoms with Gasteiger partial charge in [0.1, 0.15) is 11.9 Å². The monoisotopic (exact) mass is 172 g/mol. The van der Waals surface area contributed by atoms with Gasteiger partial charge in [-0.3, -0.25) is 10.1 Å². The first-order valence-electron chi connectivity index (χ1n) is 3.44. The summed E-state index contributed by atoms with van der Waals surface area (Å²) < 4.78 is 0. The van der Waals surface area contributed by atoms with Crippen LogP contribution in [-0.2, 0) is 9.68 Å². The molecule has 0 aromatic carbocycles.